The monoisotopic (exact) mass is 293 g/mol. The normalized spacial score (nSPS) is 10.5. The maximum atomic E-state index is 12.5. The SMILES string of the molecule is Cc1cc(Cl)c(C(=O)c2ccc(Cl)cc2N)cc1C. The molecule has 0 aliphatic rings. The number of ketones is 1. The van der Waals surface area contributed by atoms with E-state index in [9.17, 15) is 4.79 Å². The van der Waals surface area contributed by atoms with E-state index in [1.54, 1.807) is 30.3 Å². The van der Waals surface area contributed by atoms with Crippen LogP contribution in [0.25, 0.3) is 0 Å². The second-order valence-electron chi connectivity index (χ2n) is 4.48. The van der Waals surface area contributed by atoms with Crippen LogP contribution in [0.4, 0.5) is 5.69 Å². The summed E-state index contributed by atoms with van der Waals surface area (Å²) < 4.78 is 0. The van der Waals surface area contributed by atoms with Crippen molar-refractivity contribution in [2.75, 3.05) is 5.73 Å². The summed E-state index contributed by atoms with van der Waals surface area (Å²) in [5, 5.41) is 0.933. The smallest absolute Gasteiger partial charge is 0.196 e. The molecule has 0 saturated carbocycles. The Morgan fingerprint density at radius 2 is 1.63 bits per heavy atom. The van der Waals surface area contributed by atoms with E-state index in [1.165, 1.54) is 0 Å². The highest BCUT2D eigenvalue weighted by Gasteiger charge is 2.16. The van der Waals surface area contributed by atoms with Crippen molar-refractivity contribution in [1.29, 1.82) is 0 Å². The fourth-order valence-electron chi connectivity index (χ4n) is 1.84. The maximum absolute atomic E-state index is 12.5. The van der Waals surface area contributed by atoms with Crippen LogP contribution in [-0.4, -0.2) is 5.78 Å². The molecule has 0 bridgehead atoms. The fraction of sp³-hybridized carbons (Fsp3) is 0.133. The number of anilines is 1. The van der Waals surface area contributed by atoms with Crippen molar-refractivity contribution >= 4 is 34.7 Å². The van der Waals surface area contributed by atoms with Crippen molar-refractivity contribution in [2.45, 2.75) is 13.8 Å². The van der Waals surface area contributed by atoms with Crippen molar-refractivity contribution in [2.24, 2.45) is 0 Å². The van der Waals surface area contributed by atoms with Gasteiger partial charge in [-0.05, 0) is 55.3 Å². The molecular formula is C15H13Cl2NO. The van der Waals surface area contributed by atoms with Crippen LogP contribution in [0.3, 0.4) is 0 Å². The lowest BCUT2D eigenvalue weighted by molar-refractivity contribution is 0.103. The Hall–Kier alpha value is -1.51. The molecule has 19 heavy (non-hydrogen) atoms. The lowest BCUT2D eigenvalue weighted by Gasteiger charge is -2.09. The zero-order valence-corrected chi connectivity index (χ0v) is 12.1. The number of aryl methyl sites for hydroxylation is 2. The minimum Gasteiger partial charge on any atom is -0.398 e. The first-order valence-corrected chi connectivity index (χ1v) is 6.52. The second kappa shape index (κ2) is 5.24. The predicted molar refractivity (Wildman–Crippen MR) is 80.2 cm³/mol. The summed E-state index contributed by atoms with van der Waals surface area (Å²) in [7, 11) is 0. The summed E-state index contributed by atoms with van der Waals surface area (Å²) in [6.45, 7) is 3.89. The molecule has 2 nitrogen and oxygen atoms in total. The largest absolute Gasteiger partial charge is 0.398 e. The molecule has 2 aromatic rings. The number of nitrogen functional groups attached to an aromatic ring is 1. The predicted octanol–water partition coefficient (Wildman–Crippen LogP) is 4.42. The van der Waals surface area contributed by atoms with Gasteiger partial charge in [0.2, 0.25) is 0 Å². The molecule has 0 atom stereocenters. The topological polar surface area (TPSA) is 43.1 Å². The molecule has 2 N–H and O–H groups in total. The van der Waals surface area contributed by atoms with Crippen LogP contribution >= 0.6 is 23.2 Å². The maximum Gasteiger partial charge on any atom is 0.196 e. The highest BCUT2D eigenvalue weighted by Crippen LogP contribution is 2.26. The number of halogens is 2. The molecule has 2 rings (SSSR count). The Morgan fingerprint density at radius 1 is 1.00 bits per heavy atom. The molecular weight excluding hydrogens is 281 g/mol. The van der Waals surface area contributed by atoms with Gasteiger partial charge in [-0.1, -0.05) is 23.2 Å². The zero-order valence-electron chi connectivity index (χ0n) is 10.6. The summed E-state index contributed by atoms with van der Waals surface area (Å²) in [6, 6.07) is 8.39. The number of benzene rings is 2. The van der Waals surface area contributed by atoms with Gasteiger partial charge in [-0.2, -0.15) is 0 Å². The van der Waals surface area contributed by atoms with E-state index in [4.69, 9.17) is 28.9 Å². The molecule has 0 aliphatic carbocycles. The molecule has 2 aromatic carbocycles. The van der Waals surface area contributed by atoms with Gasteiger partial charge in [0.1, 0.15) is 0 Å². The first kappa shape index (κ1) is 13.9. The van der Waals surface area contributed by atoms with Crippen LogP contribution in [0.2, 0.25) is 10.0 Å². The standard InChI is InChI=1S/C15H13Cl2NO/c1-8-5-12(13(17)6-9(8)2)15(19)11-4-3-10(16)7-14(11)18/h3-7H,18H2,1-2H3. The van der Waals surface area contributed by atoms with Crippen LogP contribution in [0.1, 0.15) is 27.0 Å². The van der Waals surface area contributed by atoms with E-state index >= 15 is 0 Å². The van der Waals surface area contributed by atoms with E-state index in [-0.39, 0.29) is 5.78 Å². The van der Waals surface area contributed by atoms with Crippen molar-refractivity contribution in [3.05, 3.63) is 62.6 Å². The number of rotatable bonds is 2. The van der Waals surface area contributed by atoms with Crippen LogP contribution in [-0.2, 0) is 0 Å². The molecule has 98 valence electrons. The molecule has 0 fully saturated rings. The van der Waals surface area contributed by atoms with E-state index in [0.29, 0.717) is 26.9 Å². The van der Waals surface area contributed by atoms with Gasteiger partial charge < -0.3 is 5.73 Å². The van der Waals surface area contributed by atoms with E-state index < -0.39 is 0 Å². The minimum atomic E-state index is -0.192. The Bertz CT molecular complexity index is 665. The van der Waals surface area contributed by atoms with E-state index in [1.807, 2.05) is 13.8 Å². The summed E-state index contributed by atoms with van der Waals surface area (Å²) in [5.41, 5.74) is 9.11. The lowest BCUT2D eigenvalue weighted by atomic mass is 9.98. The minimum absolute atomic E-state index is 0.192. The van der Waals surface area contributed by atoms with E-state index in [0.717, 1.165) is 11.1 Å². The van der Waals surface area contributed by atoms with Crippen molar-refractivity contribution < 1.29 is 4.79 Å². The van der Waals surface area contributed by atoms with Crippen LogP contribution in [0.15, 0.2) is 30.3 Å². The number of carbonyl (C=O) groups excluding carboxylic acids is 1. The second-order valence-corrected chi connectivity index (χ2v) is 5.32. The van der Waals surface area contributed by atoms with Gasteiger partial charge in [-0.3, -0.25) is 4.79 Å². The molecule has 0 unspecified atom stereocenters. The molecule has 0 amide bonds. The molecule has 0 aromatic heterocycles. The molecule has 0 spiro atoms. The Kier molecular flexibility index (Phi) is 3.83. The lowest BCUT2D eigenvalue weighted by Crippen LogP contribution is -2.06. The highest BCUT2D eigenvalue weighted by molar-refractivity contribution is 6.35. The van der Waals surface area contributed by atoms with Gasteiger partial charge in [0.05, 0.1) is 5.02 Å². The third kappa shape index (κ3) is 2.75. The highest BCUT2D eigenvalue weighted by atomic mass is 35.5. The van der Waals surface area contributed by atoms with Crippen molar-refractivity contribution in [1.82, 2.24) is 0 Å². The van der Waals surface area contributed by atoms with Gasteiger partial charge in [-0.25, -0.2) is 0 Å². The zero-order chi connectivity index (χ0) is 14.2. The van der Waals surface area contributed by atoms with Crippen LogP contribution in [0, 0.1) is 13.8 Å². The molecule has 0 aliphatic heterocycles. The quantitative estimate of drug-likeness (QED) is 0.658. The van der Waals surface area contributed by atoms with Crippen LogP contribution in [0.5, 0.6) is 0 Å². The summed E-state index contributed by atoms with van der Waals surface area (Å²) in [4.78, 5) is 12.5. The third-order valence-electron chi connectivity index (χ3n) is 3.09. The summed E-state index contributed by atoms with van der Waals surface area (Å²) >= 11 is 12.0. The molecule has 0 radical (unpaired) electrons. The van der Waals surface area contributed by atoms with E-state index in [2.05, 4.69) is 0 Å². The van der Waals surface area contributed by atoms with Gasteiger partial charge in [0.15, 0.2) is 5.78 Å². The first-order chi connectivity index (χ1) is 8.90. The Morgan fingerprint density at radius 3 is 2.26 bits per heavy atom. The molecule has 4 heteroatoms. The summed E-state index contributed by atoms with van der Waals surface area (Å²) in [6.07, 6.45) is 0. The number of hydrogen-bond acceptors (Lipinski definition) is 2. The fourth-order valence-corrected chi connectivity index (χ4v) is 2.32. The van der Waals surface area contributed by atoms with Gasteiger partial charge in [-0.15, -0.1) is 0 Å². The Balaban J connectivity index is 2.53. The first-order valence-electron chi connectivity index (χ1n) is 5.76. The van der Waals surface area contributed by atoms with Crippen molar-refractivity contribution in [3.63, 3.8) is 0 Å². The third-order valence-corrected chi connectivity index (χ3v) is 3.63. The Labute approximate surface area is 122 Å². The molecule has 0 saturated heterocycles. The van der Waals surface area contributed by atoms with Crippen LogP contribution < -0.4 is 5.73 Å². The average Bonchev–Trinajstić information content (AvgIpc) is 2.33. The van der Waals surface area contributed by atoms with Gasteiger partial charge in [0.25, 0.3) is 0 Å². The van der Waals surface area contributed by atoms with Crippen molar-refractivity contribution in [3.8, 4) is 0 Å². The average molecular weight is 294 g/mol. The number of nitrogens with two attached hydrogens (primary N) is 1. The summed E-state index contributed by atoms with van der Waals surface area (Å²) in [5.74, 6) is -0.192. The van der Waals surface area contributed by atoms with Gasteiger partial charge in [0, 0.05) is 21.8 Å². The van der Waals surface area contributed by atoms with Gasteiger partial charge >= 0.3 is 0 Å². The number of hydrogen-bond donors (Lipinski definition) is 1. The molecule has 0 heterocycles. The number of carbonyl (C=O) groups is 1.